The molecule has 2 fully saturated rings. The summed E-state index contributed by atoms with van der Waals surface area (Å²) in [6.07, 6.45) is 5.15. The molecular formula is C16H22N4. The van der Waals surface area contributed by atoms with Gasteiger partial charge < -0.3 is 0 Å². The summed E-state index contributed by atoms with van der Waals surface area (Å²) in [7, 11) is 2.02. The molecule has 3 unspecified atom stereocenters. The highest BCUT2D eigenvalue weighted by atomic mass is 15.3. The lowest BCUT2D eigenvalue weighted by Crippen LogP contribution is -2.39. The molecule has 0 bridgehead atoms. The molecule has 4 nitrogen and oxygen atoms in total. The molecule has 4 rings (SSSR count). The Bertz CT molecular complexity index is 622. The van der Waals surface area contributed by atoms with Crippen molar-refractivity contribution in [1.29, 1.82) is 0 Å². The third-order valence-electron chi connectivity index (χ3n) is 5.40. The number of benzene rings is 1. The summed E-state index contributed by atoms with van der Waals surface area (Å²) in [5.41, 5.74) is 5.45. The Hall–Kier alpha value is -1.39. The summed E-state index contributed by atoms with van der Waals surface area (Å²) in [4.78, 5) is 0. The van der Waals surface area contributed by atoms with Gasteiger partial charge in [-0.3, -0.25) is 16.0 Å². The number of hydrogen-bond acceptors (Lipinski definition) is 3. The van der Waals surface area contributed by atoms with Crippen LogP contribution in [-0.4, -0.2) is 15.8 Å². The van der Waals surface area contributed by atoms with Gasteiger partial charge in [0.15, 0.2) is 0 Å². The Morgan fingerprint density at radius 3 is 2.85 bits per heavy atom. The van der Waals surface area contributed by atoms with Crippen LogP contribution in [0.1, 0.15) is 25.0 Å². The lowest BCUT2D eigenvalue weighted by atomic mass is 9.99. The Labute approximate surface area is 119 Å². The molecule has 0 spiro atoms. The van der Waals surface area contributed by atoms with Gasteiger partial charge in [-0.25, -0.2) is 0 Å². The minimum atomic E-state index is 0.378. The van der Waals surface area contributed by atoms with E-state index in [9.17, 15) is 0 Å². The number of rotatable bonds is 4. The van der Waals surface area contributed by atoms with Gasteiger partial charge in [0.2, 0.25) is 0 Å². The number of nitrogens with zero attached hydrogens (tertiary/aromatic N) is 2. The van der Waals surface area contributed by atoms with Gasteiger partial charge in [-0.2, -0.15) is 5.10 Å². The number of hydrogen-bond donors (Lipinski definition) is 2. The zero-order valence-corrected chi connectivity index (χ0v) is 11.9. The quantitative estimate of drug-likeness (QED) is 0.660. The first-order valence-electron chi connectivity index (χ1n) is 7.66. The number of para-hydroxylation sites is 1. The van der Waals surface area contributed by atoms with Crippen LogP contribution in [0.25, 0.3) is 10.9 Å². The van der Waals surface area contributed by atoms with E-state index in [0.29, 0.717) is 6.04 Å². The zero-order valence-electron chi connectivity index (χ0n) is 11.9. The molecular weight excluding hydrogens is 248 g/mol. The minimum absolute atomic E-state index is 0.378. The van der Waals surface area contributed by atoms with Crippen LogP contribution in [0, 0.1) is 17.8 Å². The van der Waals surface area contributed by atoms with Crippen molar-refractivity contribution >= 4 is 10.9 Å². The highest BCUT2D eigenvalue weighted by Crippen LogP contribution is 2.59. The molecule has 1 heterocycles. The molecule has 0 saturated heterocycles. The van der Waals surface area contributed by atoms with Gasteiger partial charge in [0, 0.05) is 24.9 Å². The van der Waals surface area contributed by atoms with E-state index < -0.39 is 0 Å². The van der Waals surface area contributed by atoms with Crippen LogP contribution in [-0.2, 0) is 13.5 Å². The van der Waals surface area contributed by atoms with E-state index in [0.717, 1.165) is 24.2 Å². The normalized spacial score (nSPS) is 29.6. The predicted octanol–water partition coefficient (Wildman–Crippen LogP) is 1.99. The Kier molecular flexibility index (Phi) is 2.82. The molecule has 1 aromatic heterocycles. The number of aryl methyl sites for hydroxylation is 1. The molecule has 3 atom stereocenters. The number of aromatic nitrogens is 2. The van der Waals surface area contributed by atoms with Crippen molar-refractivity contribution in [1.82, 2.24) is 15.2 Å². The fraction of sp³-hybridized carbons (Fsp3) is 0.562. The Balaban J connectivity index is 1.60. The van der Waals surface area contributed by atoms with E-state index in [1.54, 1.807) is 0 Å². The summed E-state index contributed by atoms with van der Waals surface area (Å²) < 4.78 is 1.98. The highest BCUT2D eigenvalue weighted by molar-refractivity contribution is 5.81. The smallest absolute Gasteiger partial charge is 0.0719 e. The second-order valence-corrected chi connectivity index (χ2v) is 6.40. The average molecular weight is 270 g/mol. The van der Waals surface area contributed by atoms with Gasteiger partial charge in [-0.05, 0) is 36.7 Å². The standard InChI is InChI=1S/C16H22N4/c1-20-15-8-3-2-5-12(15)13(19-20)9-14(18-17)16-10-6-4-7-11(10)16/h2-3,5,8,10-11,14,16,18H,4,6-7,9,17H2,1H3. The van der Waals surface area contributed by atoms with E-state index in [1.807, 2.05) is 11.7 Å². The van der Waals surface area contributed by atoms with E-state index >= 15 is 0 Å². The van der Waals surface area contributed by atoms with Crippen molar-refractivity contribution in [2.75, 3.05) is 0 Å². The van der Waals surface area contributed by atoms with Crippen molar-refractivity contribution in [2.24, 2.45) is 30.6 Å². The largest absolute Gasteiger partial charge is 0.271 e. The highest BCUT2D eigenvalue weighted by Gasteiger charge is 2.55. The molecule has 2 aliphatic carbocycles. The first-order valence-corrected chi connectivity index (χ1v) is 7.66. The summed E-state index contributed by atoms with van der Waals surface area (Å²) in [6, 6.07) is 8.83. The van der Waals surface area contributed by atoms with Crippen LogP contribution in [0.5, 0.6) is 0 Å². The number of nitrogens with two attached hydrogens (primary N) is 1. The first kappa shape index (κ1) is 12.4. The number of hydrazine groups is 1. The van der Waals surface area contributed by atoms with Crippen LogP contribution < -0.4 is 11.3 Å². The van der Waals surface area contributed by atoms with Gasteiger partial charge >= 0.3 is 0 Å². The lowest BCUT2D eigenvalue weighted by Gasteiger charge is -2.16. The van der Waals surface area contributed by atoms with Crippen molar-refractivity contribution < 1.29 is 0 Å². The molecule has 2 aromatic rings. The van der Waals surface area contributed by atoms with E-state index in [1.165, 1.54) is 35.9 Å². The number of fused-ring (bicyclic) bond motifs is 2. The van der Waals surface area contributed by atoms with Crippen LogP contribution >= 0.6 is 0 Å². The maximum Gasteiger partial charge on any atom is 0.0719 e. The fourth-order valence-electron chi connectivity index (χ4n) is 4.43. The van der Waals surface area contributed by atoms with Crippen molar-refractivity contribution in [3.63, 3.8) is 0 Å². The monoisotopic (exact) mass is 270 g/mol. The van der Waals surface area contributed by atoms with Crippen molar-refractivity contribution in [3.8, 4) is 0 Å². The van der Waals surface area contributed by atoms with E-state index in [4.69, 9.17) is 10.9 Å². The van der Waals surface area contributed by atoms with Gasteiger partial charge in [0.1, 0.15) is 0 Å². The minimum Gasteiger partial charge on any atom is -0.271 e. The topological polar surface area (TPSA) is 55.9 Å². The third kappa shape index (κ3) is 1.79. The Morgan fingerprint density at radius 1 is 1.35 bits per heavy atom. The molecule has 4 heteroatoms. The SMILES string of the molecule is Cn1nc(CC(NN)C2C3CCCC32)c2ccccc21. The van der Waals surface area contributed by atoms with Gasteiger partial charge in [0.25, 0.3) is 0 Å². The third-order valence-corrected chi connectivity index (χ3v) is 5.40. The zero-order chi connectivity index (χ0) is 13.7. The summed E-state index contributed by atoms with van der Waals surface area (Å²) in [5, 5.41) is 5.97. The summed E-state index contributed by atoms with van der Waals surface area (Å²) in [6.45, 7) is 0. The molecule has 0 amide bonds. The first-order chi connectivity index (χ1) is 9.79. The van der Waals surface area contributed by atoms with Crippen LogP contribution in [0.2, 0.25) is 0 Å². The summed E-state index contributed by atoms with van der Waals surface area (Å²) in [5.74, 6) is 8.45. The molecule has 20 heavy (non-hydrogen) atoms. The van der Waals surface area contributed by atoms with Crippen molar-refractivity contribution in [3.05, 3.63) is 30.0 Å². The second kappa shape index (κ2) is 4.57. The molecule has 0 aliphatic heterocycles. The lowest BCUT2D eigenvalue weighted by molar-refractivity contribution is 0.407. The van der Waals surface area contributed by atoms with Crippen molar-refractivity contribution in [2.45, 2.75) is 31.7 Å². The average Bonchev–Trinajstić information content (AvgIpc) is 2.84. The van der Waals surface area contributed by atoms with Crippen LogP contribution in [0.3, 0.4) is 0 Å². The predicted molar refractivity (Wildman–Crippen MR) is 79.9 cm³/mol. The second-order valence-electron chi connectivity index (χ2n) is 6.40. The number of nitrogens with one attached hydrogen (secondary N) is 1. The van der Waals surface area contributed by atoms with Gasteiger partial charge in [-0.15, -0.1) is 0 Å². The Morgan fingerprint density at radius 2 is 2.10 bits per heavy atom. The van der Waals surface area contributed by atoms with Gasteiger partial charge in [-0.1, -0.05) is 24.6 Å². The van der Waals surface area contributed by atoms with E-state index in [2.05, 4.69) is 29.7 Å². The summed E-state index contributed by atoms with van der Waals surface area (Å²) >= 11 is 0. The molecule has 0 radical (unpaired) electrons. The molecule has 3 N–H and O–H groups in total. The molecule has 1 aromatic carbocycles. The van der Waals surface area contributed by atoms with Crippen LogP contribution in [0.15, 0.2) is 24.3 Å². The molecule has 106 valence electrons. The molecule has 2 aliphatic rings. The fourth-order valence-corrected chi connectivity index (χ4v) is 4.43. The van der Waals surface area contributed by atoms with Crippen LogP contribution in [0.4, 0.5) is 0 Å². The van der Waals surface area contributed by atoms with E-state index in [-0.39, 0.29) is 0 Å². The maximum absolute atomic E-state index is 5.83. The van der Waals surface area contributed by atoms with Gasteiger partial charge in [0.05, 0.1) is 11.2 Å². The maximum atomic E-state index is 5.83. The molecule has 2 saturated carbocycles.